The Labute approximate surface area is 168 Å². The molecule has 1 radical (unpaired) electrons. The molecule has 0 spiro atoms. The molecule has 0 saturated carbocycles. The summed E-state index contributed by atoms with van der Waals surface area (Å²) < 4.78 is 0.757. The summed E-state index contributed by atoms with van der Waals surface area (Å²) >= 11 is 0. The van der Waals surface area contributed by atoms with E-state index in [4.69, 9.17) is 0 Å². The van der Waals surface area contributed by atoms with Gasteiger partial charge in [-0.15, -0.1) is 0 Å². The van der Waals surface area contributed by atoms with Gasteiger partial charge in [0, 0.05) is 37.2 Å². The second-order valence-electron chi connectivity index (χ2n) is 4.93. The molecule has 0 aliphatic rings. The Hall–Kier alpha value is -3.44. The number of rotatable bonds is 0. The number of aromatic nitrogens is 6. The molecule has 3 heterocycles. The van der Waals surface area contributed by atoms with Crippen LogP contribution in [-0.4, -0.2) is 29.1 Å². The normalized spacial score (nSPS) is 9.11. The molecule has 28 heavy (non-hydrogen) atoms. The maximum Gasteiger partial charge on any atom is 3.00 e. The van der Waals surface area contributed by atoms with E-state index in [1.54, 1.807) is 0 Å². The number of hydrogen-bond donors (Lipinski definition) is 0. The molecule has 0 aliphatic heterocycles. The Morgan fingerprint density at radius 1 is 0.607 bits per heavy atom. The van der Waals surface area contributed by atoms with Crippen LogP contribution in [0.4, 0.5) is 0 Å². The Kier molecular flexibility index (Phi) is 9.92. The maximum absolute atomic E-state index is 10.6. The summed E-state index contributed by atoms with van der Waals surface area (Å²) in [5.41, 5.74) is -1.07. The largest absolute Gasteiger partial charge is 3.00 e. The van der Waals surface area contributed by atoms with E-state index in [1.807, 2.05) is 0 Å². The van der Waals surface area contributed by atoms with E-state index >= 15 is 0 Å². The smallest absolute Gasteiger partial charge is 0.803 e. The molecule has 0 unspecified atom stereocenters. The molecule has 149 valence electrons. The van der Waals surface area contributed by atoms with Gasteiger partial charge in [-0.3, -0.25) is 29.3 Å². The van der Waals surface area contributed by atoms with Gasteiger partial charge in [-0.2, -0.15) is 0 Å². The molecule has 13 heteroatoms. The third-order valence-corrected chi connectivity index (χ3v) is 2.94. The third-order valence-electron chi connectivity index (χ3n) is 2.94. The zero-order chi connectivity index (χ0) is 20.6. The molecule has 0 aromatic carbocycles. The Morgan fingerprint density at radius 3 is 0.964 bits per heavy atom. The average Bonchev–Trinajstić information content (AvgIpc) is 2.63. The zero-order valence-electron chi connectivity index (χ0n) is 15.0. The van der Waals surface area contributed by atoms with Crippen LogP contribution in [0.3, 0.4) is 0 Å². The second-order valence-corrected chi connectivity index (χ2v) is 4.93. The monoisotopic (exact) mass is 431 g/mol. The van der Waals surface area contributed by atoms with Gasteiger partial charge in [0.05, 0.1) is 0 Å². The third kappa shape index (κ3) is 7.05. The molecule has 0 N–H and O–H groups in total. The molecule has 3 rings (SSSR count). The van der Waals surface area contributed by atoms with Crippen molar-refractivity contribution in [2.45, 2.75) is 20.8 Å². The quantitative estimate of drug-likeness (QED) is 0.433. The number of aryl methyl sites for hydroxylation is 3. The molecule has 0 saturated heterocycles. The molecule has 0 bridgehead atoms. The van der Waals surface area contributed by atoms with Gasteiger partial charge in [0.2, 0.25) is 0 Å². The van der Waals surface area contributed by atoms with E-state index in [-0.39, 0.29) is 48.3 Å². The van der Waals surface area contributed by atoms with E-state index in [9.17, 15) is 30.0 Å². The fourth-order valence-corrected chi connectivity index (χ4v) is 1.46. The Morgan fingerprint density at radius 2 is 0.821 bits per heavy atom. The fourth-order valence-electron chi connectivity index (χ4n) is 1.46. The minimum atomic E-state index is -0.586. The van der Waals surface area contributed by atoms with Crippen molar-refractivity contribution in [3.05, 3.63) is 101 Å². The van der Waals surface area contributed by atoms with Crippen LogP contribution in [0.15, 0.2) is 51.6 Å². The average molecular weight is 431 g/mol. The van der Waals surface area contributed by atoms with Crippen LogP contribution in [0, 0.1) is 36.4 Å². The summed E-state index contributed by atoms with van der Waals surface area (Å²) in [5, 5.41) is 31.2. The molecule has 0 amide bonds. The van der Waals surface area contributed by atoms with Crippen LogP contribution in [0.5, 0.6) is 0 Å². The van der Waals surface area contributed by atoms with Gasteiger partial charge in [0.1, 0.15) is 17.1 Å². The molecule has 0 atom stereocenters. The Balaban J connectivity index is 0.000000384. The van der Waals surface area contributed by atoms with Crippen LogP contribution in [0.2, 0.25) is 0 Å². The SMILES string of the molecule is Cc1nccn([O-])c1=O.Cc1nccn([O-])c1=O.Cc1nccn([O-])c1=O.[Fe+3]. The van der Waals surface area contributed by atoms with Crippen molar-refractivity contribution < 1.29 is 17.1 Å². The first-order valence-corrected chi connectivity index (χ1v) is 7.30. The van der Waals surface area contributed by atoms with Gasteiger partial charge in [0.15, 0.2) is 0 Å². The topological polar surface area (TPSA) is 174 Å². The van der Waals surface area contributed by atoms with Gasteiger partial charge in [-0.05, 0) is 20.8 Å². The van der Waals surface area contributed by atoms with Gasteiger partial charge in [-0.1, -0.05) is 0 Å². The van der Waals surface area contributed by atoms with Gasteiger partial charge < -0.3 is 29.8 Å². The van der Waals surface area contributed by atoms with E-state index in [2.05, 4.69) is 15.0 Å². The molecule has 3 aromatic heterocycles. The summed E-state index contributed by atoms with van der Waals surface area (Å²) in [4.78, 5) is 42.5. The van der Waals surface area contributed by atoms with Crippen molar-refractivity contribution in [2.24, 2.45) is 0 Å². The van der Waals surface area contributed by atoms with Crippen LogP contribution >= 0.6 is 0 Å². The van der Waals surface area contributed by atoms with Crippen molar-refractivity contribution in [1.82, 2.24) is 29.1 Å². The Bertz CT molecular complexity index is 871. The molecule has 3 aromatic rings. The first kappa shape index (κ1) is 24.6. The van der Waals surface area contributed by atoms with Gasteiger partial charge >= 0.3 is 17.1 Å². The fraction of sp³-hybridized carbons (Fsp3) is 0.200. The van der Waals surface area contributed by atoms with Crippen molar-refractivity contribution in [3.8, 4) is 0 Å². The van der Waals surface area contributed by atoms with Crippen LogP contribution < -0.4 is 16.7 Å². The summed E-state index contributed by atoms with van der Waals surface area (Å²) in [6, 6.07) is 0. The predicted octanol–water partition coefficient (Wildman–Crippen LogP) is -0.310. The molecule has 0 aliphatic carbocycles. The van der Waals surface area contributed by atoms with E-state index in [0.29, 0.717) is 0 Å². The van der Waals surface area contributed by atoms with Crippen molar-refractivity contribution in [1.29, 1.82) is 0 Å². The van der Waals surface area contributed by atoms with Crippen LogP contribution in [0.25, 0.3) is 0 Å². The first-order valence-electron chi connectivity index (χ1n) is 7.30. The van der Waals surface area contributed by atoms with Crippen LogP contribution in [-0.2, 0) is 17.1 Å². The first-order chi connectivity index (χ1) is 12.6. The minimum Gasteiger partial charge on any atom is -0.803 e. The predicted molar refractivity (Wildman–Crippen MR) is 96.0 cm³/mol. The van der Waals surface area contributed by atoms with Crippen molar-refractivity contribution in [2.75, 3.05) is 0 Å². The molecule has 12 nitrogen and oxygen atoms in total. The van der Waals surface area contributed by atoms with Gasteiger partial charge in [-0.25, -0.2) is 0 Å². The second kappa shape index (κ2) is 11.3. The molecule has 0 fully saturated rings. The number of nitrogens with zero attached hydrogens (tertiary/aromatic N) is 6. The zero-order valence-corrected chi connectivity index (χ0v) is 16.1. The van der Waals surface area contributed by atoms with Crippen molar-refractivity contribution in [3.63, 3.8) is 0 Å². The minimum absolute atomic E-state index is 0. The maximum atomic E-state index is 10.6. The summed E-state index contributed by atoms with van der Waals surface area (Å²) in [5.74, 6) is 0. The molecular weight excluding hydrogens is 416 g/mol. The molecular formula is C15H15FeN6O6. The standard InChI is InChI=1S/3C5H5N2O2.Fe/c3*1-4-5(8)7(9)3-2-6-4;/h3*2-3H,1H3;/q3*-1;+3. The van der Waals surface area contributed by atoms with E-state index in [0.717, 1.165) is 18.6 Å². The van der Waals surface area contributed by atoms with E-state index in [1.165, 1.54) is 39.4 Å². The van der Waals surface area contributed by atoms with Crippen LogP contribution in [0.1, 0.15) is 17.1 Å². The number of hydrogen-bond acceptors (Lipinski definition) is 9. The summed E-state index contributed by atoms with van der Waals surface area (Å²) in [6.45, 7) is 4.49. The van der Waals surface area contributed by atoms with Crippen molar-refractivity contribution >= 4 is 0 Å². The van der Waals surface area contributed by atoms with Gasteiger partial charge in [0.25, 0.3) is 16.7 Å². The summed E-state index contributed by atoms with van der Waals surface area (Å²) in [6.07, 6.45) is 7.12. The van der Waals surface area contributed by atoms with E-state index < -0.39 is 16.7 Å². The summed E-state index contributed by atoms with van der Waals surface area (Å²) in [7, 11) is 0.